The van der Waals surface area contributed by atoms with Crippen LogP contribution >= 0.6 is 0 Å². The van der Waals surface area contributed by atoms with E-state index in [0.717, 1.165) is 6.54 Å². The Bertz CT molecular complexity index is 1110. The normalized spacial score (nSPS) is 13.1. The number of urea groups is 1. The van der Waals surface area contributed by atoms with Gasteiger partial charge in [0.05, 0.1) is 7.11 Å². The number of ether oxygens (including phenoxy) is 2. The monoisotopic (exact) mass is 461 g/mol. The first-order valence-electron chi connectivity index (χ1n) is 12.0. The van der Waals surface area contributed by atoms with Gasteiger partial charge < -0.3 is 19.7 Å². The molecule has 4 rings (SSSR count). The highest BCUT2D eigenvalue weighted by atomic mass is 16.5. The van der Waals surface area contributed by atoms with Crippen LogP contribution < -0.4 is 14.8 Å². The van der Waals surface area contributed by atoms with Crippen molar-refractivity contribution in [3.63, 3.8) is 0 Å². The third kappa shape index (κ3) is 5.28. The third-order valence-electron chi connectivity index (χ3n) is 6.43. The molecule has 0 aromatic heterocycles. The van der Waals surface area contributed by atoms with Crippen LogP contribution in [0.3, 0.4) is 0 Å². The van der Waals surface area contributed by atoms with E-state index < -0.39 is 0 Å². The molecule has 6 heteroatoms. The molecule has 6 nitrogen and oxygen atoms in total. The number of carbonyl (C=O) groups is 1. The predicted octanol–water partition coefficient (Wildman–Crippen LogP) is 5.89. The van der Waals surface area contributed by atoms with Crippen molar-refractivity contribution in [3.8, 4) is 11.5 Å². The molecule has 0 saturated heterocycles. The lowest BCUT2D eigenvalue weighted by Gasteiger charge is -2.30. The molecular weight excluding hydrogens is 426 g/mol. The highest BCUT2D eigenvalue weighted by Gasteiger charge is 2.24. The second-order valence-electron chi connectivity index (χ2n) is 9.39. The maximum atomic E-state index is 13.0. The van der Waals surface area contributed by atoms with Crippen molar-refractivity contribution in [1.82, 2.24) is 9.80 Å². The highest BCUT2D eigenvalue weighted by molar-refractivity contribution is 5.91. The molecule has 1 aliphatic heterocycles. The second-order valence-corrected chi connectivity index (χ2v) is 9.39. The number of benzene rings is 3. The van der Waals surface area contributed by atoms with Gasteiger partial charge in [-0.2, -0.15) is 0 Å². The fourth-order valence-corrected chi connectivity index (χ4v) is 4.68. The van der Waals surface area contributed by atoms with E-state index in [-0.39, 0.29) is 6.03 Å². The number of hydrogen-bond acceptors (Lipinski definition) is 4. The molecule has 0 unspecified atom stereocenters. The molecule has 180 valence electrons. The summed E-state index contributed by atoms with van der Waals surface area (Å²) in [5, 5.41) is 5.43. The number of nitrogens with zero attached hydrogens (tertiary/aromatic N) is 2. The summed E-state index contributed by atoms with van der Waals surface area (Å²) in [5.74, 6) is 1.28. The molecule has 1 heterocycles. The van der Waals surface area contributed by atoms with Crippen LogP contribution in [0.4, 0.5) is 10.5 Å². The second kappa shape index (κ2) is 10.3. The summed E-state index contributed by atoms with van der Waals surface area (Å²) in [4.78, 5) is 17.2. The quantitative estimate of drug-likeness (QED) is 0.454. The first kappa shape index (κ1) is 23.9. The fourth-order valence-electron chi connectivity index (χ4n) is 4.68. The number of methoxy groups -OCH3 is 1. The Morgan fingerprint density at radius 2 is 1.56 bits per heavy atom. The first-order valence-corrected chi connectivity index (χ1v) is 12.0. The van der Waals surface area contributed by atoms with Gasteiger partial charge >= 0.3 is 6.03 Å². The van der Waals surface area contributed by atoms with Gasteiger partial charge in [0.2, 0.25) is 0 Å². The lowest BCUT2D eigenvalue weighted by Crippen LogP contribution is -2.39. The highest BCUT2D eigenvalue weighted by Crippen LogP contribution is 2.32. The molecule has 34 heavy (non-hydrogen) atoms. The van der Waals surface area contributed by atoms with E-state index in [0.29, 0.717) is 49.0 Å². The van der Waals surface area contributed by atoms with Crippen molar-refractivity contribution in [2.75, 3.05) is 25.6 Å². The zero-order valence-corrected chi connectivity index (χ0v) is 20.8. The van der Waals surface area contributed by atoms with Gasteiger partial charge in [-0.1, -0.05) is 24.3 Å². The lowest BCUT2D eigenvalue weighted by molar-refractivity contribution is 0.140. The van der Waals surface area contributed by atoms with E-state index in [1.807, 2.05) is 35.2 Å². The molecule has 3 aromatic rings. The minimum Gasteiger partial charge on any atom is -0.493 e. The molecule has 1 N–H and O–H groups in total. The van der Waals surface area contributed by atoms with E-state index in [9.17, 15) is 4.79 Å². The third-order valence-corrected chi connectivity index (χ3v) is 6.43. The molecule has 3 aromatic carbocycles. The molecule has 0 aliphatic carbocycles. The number of rotatable bonds is 8. The van der Waals surface area contributed by atoms with Crippen molar-refractivity contribution in [3.05, 3.63) is 65.7 Å². The summed E-state index contributed by atoms with van der Waals surface area (Å²) < 4.78 is 11.5. The van der Waals surface area contributed by atoms with Gasteiger partial charge in [0.1, 0.15) is 6.61 Å². The van der Waals surface area contributed by atoms with Crippen LogP contribution in [0, 0.1) is 0 Å². The minimum atomic E-state index is -0.123. The molecule has 0 radical (unpaired) electrons. The molecular formula is C28H35N3O3. The zero-order valence-electron chi connectivity index (χ0n) is 20.8. The average molecular weight is 462 g/mol. The van der Waals surface area contributed by atoms with Gasteiger partial charge in [-0.25, -0.2) is 4.79 Å². The van der Waals surface area contributed by atoms with Gasteiger partial charge in [0, 0.05) is 43.5 Å². The first-order chi connectivity index (χ1) is 16.4. The van der Waals surface area contributed by atoms with Crippen LogP contribution in [0.25, 0.3) is 10.8 Å². The number of nitrogens with one attached hydrogen (secondary N) is 1. The van der Waals surface area contributed by atoms with E-state index >= 15 is 0 Å². The maximum Gasteiger partial charge on any atom is 0.322 e. The summed E-state index contributed by atoms with van der Waals surface area (Å²) in [5.41, 5.74) is 3.09. The molecule has 0 saturated carbocycles. The van der Waals surface area contributed by atoms with E-state index in [4.69, 9.17) is 9.47 Å². The lowest BCUT2D eigenvalue weighted by atomic mass is 10.0. The van der Waals surface area contributed by atoms with Crippen LogP contribution in [0.5, 0.6) is 11.5 Å². The molecule has 0 spiro atoms. The summed E-state index contributed by atoms with van der Waals surface area (Å²) in [6, 6.07) is 19.0. The largest absolute Gasteiger partial charge is 0.493 e. The van der Waals surface area contributed by atoms with Crippen LogP contribution in [-0.2, 0) is 13.1 Å². The van der Waals surface area contributed by atoms with Crippen LogP contribution in [0.2, 0.25) is 0 Å². The minimum absolute atomic E-state index is 0.123. The van der Waals surface area contributed by atoms with Gasteiger partial charge in [0.15, 0.2) is 11.5 Å². The summed E-state index contributed by atoms with van der Waals surface area (Å²) in [6.07, 6.45) is 0. The number of carbonyl (C=O) groups excluding carboxylic acids is 1. The van der Waals surface area contributed by atoms with Gasteiger partial charge in [-0.15, -0.1) is 0 Å². The van der Waals surface area contributed by atoms with Crippen molar-refractivity contribution in [2.24, 2.45) is 0 Å². The number of hydrogen-bond donors (Lipinski definition) is 1. The zero-order chi connectivity index (χ0) is 24.2. The Morgan fingerprint density at radius 3 is 2.12 bits per heavy atom. The summed E-state index contributed by atoms with van der Waals surface area (Å²) in [7, 11) is 1.63. The SMILES string of the molecule is COc1ccc(NC(=O)N2Cc3cc4ccccc4cc3C2)cc1OCCN(C(C)C)C(C)C. The van der Waals surface area contributed by atoms with Gasteiger partial charge in [0.25, 0.3) is 0 Å². The Labute approximate surface area is 202 Å². The Kier molecular flexibility index (Phi) is 7.27. The molecule has 0 atom stereocenters. The molecule has 2 amide bonds. The Hall–Kier alpha value is -3.25. The van der Waals surface area contributed by atoms with Crippen LogP contribution in [0.15, 0.2) is 54.6 Å². The number of anilines is 1. The van der Waals surface area contributed by atoms with Crippen LogP contribution in [0.1, 0.15) is 38.8 Å². The van der Waals surface area contributed by atoms with E-state index in [1.54, 1.807) is 7.11 Å². The van der Waals surface area contributed by atoms with Gasteiger partial charge in [-0.3, -0.25) is 4.90 Å². The van der Waals surface area contributed by atoms with Gasteiger partial charge in [-0.05, 0) is 73.9 Å². The molecule has 0 bridgehead atoms. The Balaban J connectivity index is 1.41. The molecule has 1 aliphatic rings. The van der Waals surface area contributed by atoms with Crippen molar-refractivity contribution >= 4 is 22.5 Å². The Morgan fingerprint density at radius 1 is 0.941 bits per heavy atom. The standard InChI is InChI=1S/C28H35N3O3/c1-19(2)31(20(3)4)12-13-34-27-16-25(10-11-26(27)33-5)29-28(32)30-17-23-14-21-8-6-7-9-22(21)15-24(23)18-30/h6-11,14-16,19-20H,12-13,17-18H2,1-5H3,(H,29,32). The van der Waals surface area contributed by atoms with Crippen molar-refractivity contribution in [2.45, 2.75) is 52.9 Å². The maximum absolute atomic E-state index is 13.0. The number of fused-ring (bicyclic) bond motifs is 2. The van der Waals surface area contributed by atoms with Crippen LogP contribution in [-0.4, -0.2) is 48.2 Å². The van der Waals surface area contributed by atoms with Crippen molar-refractivity contribution < 1.29 is 14.3 Å². The average Bonchev–Trinajstić information content (AvgIpc) is 3.23. The predicted molar refractivity (Wildman–Crippen MR) is 138 cm³/mol. The number of amides is 2. The summed E-state index contributed by atoms with van der Waals surface area (Å²) >= 11 is 0. The van der Waals surface area contributed by atoms with E-state index in [2.05, 4.69) is 62.2 Å². The molecule has 0 fully saturated rings. The topological polar surface area (TPSA) is 54.0 Å². The smallest absolute Gasteiger partial charge is 0.322 e. The van der Waals surface area contributed by atoms with Crippen molar-refractivity contribution in [1.29, 1.82) is 0 Å². The van der Waals surface area contributed by atoms with E-state index in [1.165, 1.54) is 21.9 Å². The fraction of sp³-hybridized carbons (Fsp3) is 0.393. The summed E-state index contributed by atoms with van der Waals surface area (Å²) in [6.45, 7) is 11.3.